The van der Waals surface area contributed by atoms with Gasteiger partial charge in [0.05, 0.1) is 24.7 Å². The van der Waals surface area contributed by atoms with Crippen molar-refractivity contribution in [2.75, 3.05) is 59.2 Å². The fraction of sp³-hybridized carbons (Fsp3) is 0.415. The van der Waals surface area contributed by atoms with Gasteiger partial charge in [-0.1, -0.05) is 40.9 Å². The van der Waals surface area contributed by atoms with E-state index in [1.165, 1.54) is 12.8 Å². The third-order valence-electron chi connectivity index (χ3n) is 9.86. The number of carbonyl (C=O) groups excluding carboxylic acids is 4. The molecular weight excluding hydrogens is 713 g/mol. The van der Waals surface area contributed by atoms with Crippen molar-refractivity contribution in [2.24, 2.45) is 0 Å². The molecule has 12 nitrogen and oxygen atoms in total. The number of hydrogen-bond donors (Lipinski definition) is 0. The van der Waals surface area contributed by atoms with Crippen molar-refractivity contribution in [2.45, 2.75) is 56.8 Å². The Morgan fingerprint density at radius 2 is 1.50 bits per heavy atom. The van der Waals surface area contributed by atoms with Gasteiger partial charge in [-0.25, -0.2) is 9.59 Å². The smallest absolute Gasteiger partial charge is 0.442 e. The summed E-state index contributed by atoms with van der Waals surface area (Å²) < 4.78 is 35.7. The first-order valence-electron chi connectivity index (χ1n) is 18.8. The number of amides is 1. The summed E-state index contributed by atoms with van der Waals surface area (Å²) in [6, 6.07) is 20.8. The molecule has 3 aromatic rings. The Balaban J connectivity index is 1.21. The van der Waals surface area contributed by atoms with Crippen LogP contribution in [0.4, 0.5) is 0 Å². The maximum absolute atomic E-state index is 12.9. The standard InChI is InChI=1S/C41H46N2O10S/c1-2-48-38(45)12-8-24-51-35-28-31(50-25-22-42-19-5-6-20-42)17-18-33(35)39-34(32-9-3-4-10-36(32)54(39)52-40(46)41(47)53-54)27-29-13-15-30(16-14-29)49-26-23-43-21-7-11-37(43)44/h3-4,9-10,13-18,28H,2,5-8,11-12,19-27H2,1H3. The first-order valence-corrected chi connectivity index (χ1v) is 20.2. The molecule has 0 saturated carbocycles. The predicted octanol–water partition coefficient (Wildman–Crippen LogP) is 6.10. The highest BCUT2D eigenvalue weighted by Gasteiger charge is 2.52. The van der Waals surface area contributed by atoms with E-state index in [0.29, 0.717) is 78.2 Å². The Morgan fingerprint density at radius 3 is 2.24 bits per heavy atom. The fourth-order valence-electron chi connectivity index (χ4n) is 7.25. The van der Waals surface area contributed by atoms with Crippen LogP contribution in [0.25, 0.3) is 10.5 Å². The molecule has 0 N–H and O–H groups in total. The normalized spacial score (nSPS) is 18.2. The van der Waals surface area contributed by atoms with Crippen LogP contribution in [-0.4, -0.2) is 92.8 Å². The van der Waals surface area contributed by atoms with E-state index in [-0.39, 0.29) is 24.9 Å². The van der Waals surface area contributed by atoms with Crippen molar-refractivity contribution >= 4 is 44.9 Å². The largest absolute Gasteiger partial charge is 0.493 e. The van der Waals surface area contributed by atoms with Crippen LogP contribution in [0.5, 0.6) is 17.2 Å². The number of carbonyl (C=O) groups is 4. The molecule has 4 aliphatic rings. The van der Waals surface area contributed by atoms with Crippen LogP contribution >= 0.6 is 10.6 Å². The van der Waals surface area contributed by atoms with Crippen molar-refractivity contribution < 1.29 is 46.5 Å². The second-order valence-corrected chi connectivity index (χ2v) is 15.7. The number of ether oxygens (including phenoxy) is 4. The minimum Gasteiger partial charge on any atom is -0.493 e. The molecule has 4 aliphatic heterocycles. The molecule has 3 fully saturated rings. The van der Waals surface area contributed by atoms with Gasteiger partial charge in [0, 0.05) is 49.5 Å². The number of fused-ring (bicyclic) bond motifs is 2. The predicted molar refractivity (Wildman–Crippen MR) is 202 cm³/mol. The highest BCUT2D eigenvalue weighted by Crippen LogP contribution is 2.77. The summed E-state index contributed by atoms with van der Waals surface area (Å²) >= 11 is 0. The third-order valence-corrected chi connectivity index (χ3v) is 12.6. The average Bonchev–Trinajstić information content (AvgIpc) is 3.96. The molecule has 0 aliphatic carbocycles. The number of likely N-dealkylation sites (tertiary alicyclic amines) is 2. The summed E-state index contributed by atoms with van der Waals surface area (Å²) in [5, 5.41) is 0. The van der Waals surface area contributed by atoms with E-state index in [1.54, 1.807) is 6.92 Å². The van der Waals surface area contributed by atoms with E-state index >= 15 is 0 Å². The molecule has 13 heteroatoms. The molecule has 4 heterocycles. The maximum atomic E-state index is 12.9. The molecular formula is C41H46N2O10S. The molecule has 0 radical (unpaired) electrons. The summed E-state index contributed by atoms with van der Waals surface area (Å²) in [7, 11) is -3.07. The molecule has 1 spiro atoms. The van der Waals surface area contributed by atoms with Crippen LogP contribution < -0.4 is 14.2 Å². The van der Waals surface area contributed by atoms with Crippen LogP contribution in [-0.2, 0) is 38.7 Å². The van der Waals surface area contributed by atoms with Gasteiger partial charge in [0.1, 0.15) is 35.4 Å². The maximum Gasteiger partial charge on any atom is 0.442 e. The Bertz CT molecular complexity index is 1890. The molecule has 3 saturated heterocycles. The topological polar surface area (TPSA) is 130 Å². The van der Waals surface area contributed by atoms with E-state index in [1.807, 2.05) is 71.6 Å². The lowest BCUT2D eigenvalue weighted by molar-refractivity contribution is -0.150. The fourth-order valence-corrected chi connectivity index (χ4v) is 10.1. The van der Waals surface area contributed by atoms with Gasteiger partial charge in [-0.15, -0.1) is 0 Å². The van der Waals surface area contributed by atoms with Gasteiger partial charge >= 0.3 is 17.9 Å². The van der Waals surface area contributed by atoms with Gasteiger partial charge < -0.3 is 32.2 Å². The van der Waals surface area contributed by atoms with Crippen LogP contribution in [0.2, 0.25) is 0 Å². The lowest BCUT2D eigenvalue weighted by atomic mass is 9.95. The van der Waals surface area contributed by atoms with Crippen molar-refractivity contribution in [3.63, 3.8) is 0 Å². The lowest BCUT2D eigenvalue weighted by Crippen LogP contribution is -2.29. The number of hydrogen-bond acceptors (Lipinski definition) is 11. The van der Waals surface area contributed by atoms with Crippen molar-refractivity contribution in [3.8, 4) is 17.2 Å². The van der Waals surface area contributed by atoms with Gasteiger partial charge in [-0.3, -0.25) is 14.5 Å². The monoisotopic (exact) mass is 758 g/mol. The minimum absolute atomic E-state index is 0.165. The summed E-state index contributed by atoms with van der Waals surface area (Å²) in [6.45, 7) is 7.42. The lowest BCUT2D eigenvalue weighted by Gasteiger charge is -2.35. The summed E-state index contributed by atoms with van der Waals surface area (Å²) in [5.74, 6) is -0.495. The zero-order valence-electron chi connectivity index (χ0n) is 30.5. The third kappa shape index (κ3) is 8.22. The number of nitrogens with zero attached hydrogens (tertiary/aromatic N) is 2. The Morgan fingerprint density at radius 1 is 0.778 bits per heavy atom. The number of rotatable bonds is 17. The first kappa shape index (κ1) is 37.3. The molecule has 0 atom stereocenters. The van der Waals surface area contributed by atoms with Crippen molar-refractivity contribution in [1.29, 1.82) is 0 Å². The number of allylic oxidation sites excluding steroid dienone is 1. The van der Waals surface area contributed by atoms with Crippen molar-refractivity contribution in [3.05, 3.63) is 83.4 Å². The van der Waals surface area contributed by atoms with Crippen molar-refractivity contribution in [1.82, 2.24) is 9.80 Å². The van der Waals surface area contributed by atoms with E-state index in [0.717, 1.165) is 49.3 Å². The van der Waals surface area contributed by atoms with E-state index in [2.05, 4.69) is 4.90 Å². The number of benzene rings is 3. The molecule has 0 unspecified atom stereocenters. The summed E-state index contributed by atoms with van der Waals surface area (Å²) in [5.41, 5.74) is 3.17. The van der Waals surface area contributed by atoms with Gasteiger partial charge in [0.15, 0.2) is 0 Å². The minimum atomic E-state index is -3.07. The van der Waals surface area contributed by atoms with Gasteiger partial charge in [-0.05, 0) is 87.2 Å². The second kappa shape index (κ2) is 17.0. The molecule has 0 aromatic heterocycles. The SMILES string of the molecule is CCOC(=O)CCCOc1cc(OCCN2CCCC2)ccc1C1=C(Cc2ccc(OCCN3CCCC3=O)cc2)c2ccccc2S12OC(=O)C(=O)O2. The summed E-state index contributed by atoms with van der Waals surface area (Å²) in [6.07, 6.45) is 4.88. The Labute approximate surface area is 317 Å². The Kier molecular flexibility index (Phi) is 11.7. The quantitative estimate of drug-likeness (QED) is 0.0900. The number of esters is 1. The molecule has 7 rings (SSSR count). The van der Waals surface area contributed by atoms with Crippen LogP contribution in [0, 0.1) is 0 Å². The van der Waals surface area contributed by atoms with E-state index in [9.17, 15) is 19.2 Å². The van der Waals surface area contributed by atoms with Gasteiger partial charge in [0.25, 0.3) is 0 Å². The highest BCUT2D eigenvalue weighted by atomic mass is 32.3. The zero-order valence-corrected chi connectivity index (χ0v) is 31.4. The summed E-state index contributed by atoms with van der Waals surface area (Å²) in [4.78, 5) is 55.2. The molecule has 286 valence electrons. The first-order chi connectivity index (χ1) is 26.3. The average molecular weight is 759 g/mol. The van der Waals surface area contributed by atoms with Crippen LogP contribution in [0.15, 0.2) is 71.6 Å². The highest BCUT2D eigenvalue weighted by molar-refractivity contribution is 8.35. The van der Waals surface area contributed by atoms with Crippen LogP contribution in [0.1, 0.15) is 62.1 Å². The van der Waals surface area contributed by atoms with E-state index in [4.69, 9.17) is 27.3 Å². The Hall–Kier alpha value is -5.01. The second-order valence-electron chi connectivity index (χ2n) is 13.5. The van der Waals surface area contributed by atoms with Gasteiger partial charge in [0.2, 0.25) is 5.91 Å². The molecule has 54 heavy (non-hydrogen) atoms. The van der Waals surface area contributed by atoms with E-state index < -0.39 is 22.5 Å². The van der Waals surface area contributed by atoms with Gasteiger partial charge in [-0.2, -0.15) is 0 Å². The molecule has 1 amide bonds. The molecule has 3 aromatic carbocycles. The van der Waals surface area contributed by atoms with Crippen LogP contribution in [0.3, 0.4) is 0 Å². The molecule has 0 bridgehead atoms. The zero-order chi connectivity index (χ0) is 37.5.